The Labute approximate surface area is 352 Å². The van der Waals surface area contributed by atoms with Crippen LogP contribution in [-0.4, -0.2) is 9.97 Å². The van der Waals surface area contributed by atoms with Crippen molar-refractivity contribution < 1.29 is 4.42 Å². The van der Waals surface area contributed by atoms with E-state index in [4.69, 9.17) is 14.4 Å². The van der Waals surface area contributed by atoms with E-state index in [0.29, 0.717) is 5.89 Å². The summed E-state index contributed by atoms with van der Waals surface area (Å²) in [5.74, 6) is 0.606. The topological polar surface area (TPSA) is 38.9 Å². The molecule has 0 aliphatic heterocycles. The minimum atomic E-state index is 0.606. The molecule has 2 heterocycles. The number of nitrogens with zero attached hydrogens (tertiary/aromatic N) is 2. The fourth-order valence-corrected chi connectivity index (χ4v) is 9.06. The van der Waals surface area contributed by atoms with Crippen molar-refractivity contribution in [2.45, 2.75) is 0 Å². The molecule has 0 atom stereocenters. The van der Waals surface area contributed by atoms with E-state index in [9.17, 15) is 0 Å². The maximum Gasteiger partial charge on any atom is 0.227 e. The van der Waals surface area contributed by atoms with Gasteiger partial charge in [-0.2, -0.15) is 0 Å². The number of pyridine rings is 1. The van der Waals surface area contributed by atoms with E-state index < -0.39 is 0 Å². The van der Waals surface area contributed by atoms with Crippen LogP contribution in [0.4, 0.5) is 0 Å². The molecular formula is C58H36N2O. The maximum atomic E-state index is 6.64. The normalized spacial score (nSPS) is 11.6. The first kappa shape index (κ1) is 34.9. The summed E-state index contributed by atoms with van der Waals surface area (Å²) in [6.07, 6.45) is 0. The predicted octanol–water partition coefficient (Wildman–Crippen LogP) is 15.8. The van der Waals surface area contributed by atoms with Crippen molar-refractivity contribution in [2.75, 3.05) is 0 Å². The van der Waals surface area contributed by atoms with Gasteiger partial charge in [-0.05, 0) is 84.9 Å². The molecule has 284 valence electrons. The van der Waals surface area contributed by atoms with Crippen molar-refractivity contribution in [3.8, 4) is 67.2 Å². The minimum absolute atomic E-state index is 0.606. The number of benzene rings is 10. The number of aromatic nitrogens is 2. The highest BCUT2D eigenvalue weighted by atomic mass is 16.3. The van der Waals surface area contributed by atoms with Gasteiger partial charge in [-0.25, -0.2) is 9.97 Å². The van der Waals surface area contributed by atoms with Crippen LogP contribution >= 0.6 is 0 Å². The van der Waals surface area contributed by atoms with Gasteiger partial charge in [0.05, 0.1) is 11.2 Å². The van der Waals surface area contributed by atoms with E-state index in [2.05, 4.69) is 218 Å². The van der Waals surface area contributed by atoms with Crippen molar-refractivity contribution >= 4 is 54.3 Å². The number of fused-ring (bicyclic) bond motifs is 9. The van der Waals surface area contributed by atoms with E-state index in [0.717, 1.165) is 77.1 Å². The van der Waals surface area contributed by atoms with Gasteiger partial charge in [0.15, 0.2) is 5.58 Å². The molecule has 0 fully saturated rings. The van der Waals surface area contributed by atoms with E-state index in [1.807, 2.05) is 0 Å². The van der Waals surface area contributed by atoms with Crippen molar-refractivity contribution in [3.05, 3.63) is 218 Å². The molecule has 0 saturated heterocycles. The third-order valence-electron chi connectivity index (χ3n) is 12.1. The van der Waals surface area contributed by atoms with Crippen molar-refractivity contribution in [2.24, 2.45) is 0 Å². The van der Waals surface area contributed by atoms with Crippen LogP contribution in [0.15, 0.2) is 223 Å². The Morgan fingerprint density at radius 1 is 0.262 bits per heavy atom. The van der Waals surface area contributed by atoms with Crippen LogP contribution in [0.1, 0.15) is 0 Å². The Balaban J connectivity index is 1.03. The number of hydrogen-bond acceptors (Lipinski definition) is 3. The Morgan fingerprint density at radius 2 is 0.672 bits per heavy atom. The first-order valence-electron chi connectivity index (χ1n) is 20.7. The van der Waals surface area contributed by atoms with Crippen LogP contribution in [-0.2, 0) is 0 Å². The standard InChI is InChI=1S/C58H36N2O/c1-3-13-37(14-4-1)39-23-27-41(28-24-39)51-35-53-52(36-54(59-55(53)48-20-10-8-19-47(48)51)43-31-25-40(26-32-43)38-15-5-2-6-16-38)42-29-33-44(34-30-42)58-60-56-49-21-11-7-17-45(49)46-18-9-12-22-50(46)57(56)61-58/h1-36H. The van der Waals surface area contributed by atoms with E-state index in [1.54, 1.807) is 0 Å². The second-order valence-electron chi connectivity index (χ2n) is 15.7. The molecule has 0 saturated carbocycles. The highest BCUT2D eigenvalue weighted by Crippen LogP contribution is 2.42. The van der Waals surface area contributed by atoms with E-state index in [-0.39, 0.29) is 0 Å². The first-order valence-corrected chi connectivity index (χ1v) is 20.7. The molecule has 0 spiro atoms. The second kappa shape index (κ2) is 14.3. The lowest BCUT2D eigenvalue weighted by atomic mass is 9.90. The highest BCUT2D eigenvalue weighted by molar-refractivity contribution is 6.23. The van der Waals surface area contributed by atoms with E-state index >= 15 is 0 Å². The molecule has 0 N–H and O–H groups in total. The zero-order valence-electron chi connectivity index (χ0n) is 33.1. The Kier molecular flexibility index (Phi) is 8.17. The molecule has 61 heavy (non-hydrogen) atoms. The van der Waals surface area contributed by atoms with Crippen LogP contribution in [0.3, 0.4) is 0 Å². The monoisotopic (exact) mass is 776 g/mol. The van der Waals surface area contributed by atoms with Crippen LogP contribution in [0.5, 0.6) is 0 Å². The Hall–Kier alpha value is -8.14. The molecule has 0 radical (unpaired) electrons. The van der Waals surface area contributed by atoms with Crippen molar-refractivity contribution in [3.63, 3.8) is 0 Å². The van der Waals surface area contributed by atoms with Crippen molar-refractivity contribution in [1.82, 2.24) is 9.97 Å². The molecule has 3 nitrogen and oxygen atoms in total. The number of hydrogen-bond donors (Lipinski definition) is 0. The lowest BCUT2D eigenvalue weighted by Crippen LogP contribution is -1.93. The lowest BCUT2D eigenvalue weighted by molar-refractivity contribution is 0.623. The summed E-state index contributed by atoms with van der Waals surface area (Å²) >= 11 is 0. The maximum absolute atomic E-state index is 6.64. The van der Waals surface area contributed by atoms with Gasteiger partial charge in [0.1, 0.15) is 5.52 Å². The van der Waals surface area contributed by atoms with Crippen LogP contribution in [0.25, 0.3) is 122 Å². The Bertz CT molecular complexity index is 3520. The van der Waals surface area contributed by atoms with Gasteiger partial charge in [-0.3, -0.25) is 0 Å². The molecule has 12 aromatic rings. The van der Waals surface area contributed by atoms with Gasteiger partial charge in [0.25, 0.3) is 0 Å². The number of rotatable bonds is 6. The lowest BCUT2D eigenvalue weighted by Gasteiger charge is -2.16. The summed E-state index contributed by atoms with van der Waals surface area (Å²) in [5, 5.41) is 7.88. The molecule has 3 heteroatoms. The Morgan fingerprint density at radius 3 is 1.26 bits per heavy atom. The third-order valence-corrected chi connectivity index (χ3v) is 12.1. The second-order valence-corrected chi connectivity index (χ2v) is 15.7. The molecule has 0 aliphatic carbocycles. The molecule has 2 aromatic heterocycles. The molecular weight excluding hydrogens is 741 g/mol. The summed E-state index contributed by atoms with van der Waals surface area (Å²) in [5.41, 5.74) is 14.9. The van der Waals surface area contributed by atoms with Gasteiger partial charge in [0, 0.05) is 32.7 Å². The average Bonchev–Trinajstić information content (AvgIpc) is 3.81. The quantitative estimate of drug-likeness (QED) is 0.158. The van der Waals surface area contributed by atoms with Gasteiger partial charge in [0.2, 0.25) is 5.89 Å². The van der Waals surface area contributed by atoms with Gasteiger partial charge < -0.3 is 4.42 Å². The SMILES string of the molecule is c1ccc(-c2ccc(-c3cc(-c4ccc(-c5nc6c7ccccc7c7ccccc7c6o5)cc4)c4cc(-c5ccc(-c6ccccc6)cc5)c5ccccc5c4n3)cc2)cc1. The van der Waals surface area contributed by atoms with Gasteiger partial charge in [-0.1, -0.05) is 194 Å². The first-order chi connectivity index (χ1) is 30.2. The summed E-state index contributed by atoms with van der Waals surface area (Å²) in [7, 11) is 0. The fourth-order valence-electron chi connectivity index (χ4n) is 9.06. The molecule has 10 aromatic carbocycles. The van der Waals surface area contributed by atoms with Crippen LogP contribution in [0.2, 0.25) is 0 Å². The predicted molar refractivity (Wildman–Crippen MR) is 254 cm³/mol. The minimum Gasteiger partial charge on any atom is -0.435 e. The average molecular weight is 777 g/mol. The smallest absolute Gasteiger partial charge is 0.227 e. The zero-order chi connectivity index (χ0) is 40.3. The molecule has 0 amide bonds. The summed E-state index contributed by atoms with van der Waals surface area (Å²) < 4.78 is 6.64. The third kappa shape index (κ3) is 5.98. The van der Waals surface area contributed by atoms with Gasteiger partial charge in [-0.15, -0.1) is 0 Å². The van der Waals surface area contributed by atoms with Crippen LogP contribution < -0.4 is 0 Å². The fraction of sp³-hybridized carbons (Fsp3) is 0. The summed E-state index contributed by atoms with van der Waals surface area (Å²) in [6.45, 7) is 0. The number of oxazole rings is 1. The highest BCUT2D eigenvalue weighted by Gasteiger charge is 2.19. The molecule has 0 aliphatic rings. The molecule has 12 rings (SSSR count). The zero-order valence-corrected chi connectivity index (χ0v) is 33.1. The largest absolute Gasteiger partial charge is 0.435 e. The summed E-state index contributed by atoms with van der Waals surface area (Å²) in [4.78, 5) is 10.6. The van der Waals surface area contributed by atoms with Gasteiger partial charge >= 0.3 is 0 Å². The molecule has 0 unspecified atom stereocenters. The van der Waals surface area contributed by atoms with E-state index in [1.165, 1.54) is 38.6 Å². The summed E-state index contributed by atoms with van der Waals surface area (Å²) in [6, 6.07) is 77.6. The van der Waals surface area contributed by atoms with Crippen molar-refractivity contribution in [1.29, 1.82) is 0 Å². The molecule has 0 bridgehead atoms. The van der Waals surface area contributed by atoms with Crippen LogP contribution in [0, 0.1) is 0 Å².